The molecule has 0 bridgehead atoms. The summed E-state index contributed by atoms with van der Waals surface area (Å²) >= 11 is 0. The van der Waals surface area contributed by atoms with Gasteiger partial charge in [0, 0.05) is 47.2 Å². The first-order valence-electron chi connectivity index (χ1n) is 11.5. The maximum absolute atomic E-state index is 13.4. The van der Waals surface area contributed by atoms with Gasteiger partial charge < -0.3 is 15.6 Å². The first-order chi connectivity index (χ1) is 17.6. The van der Waals surface area contributed by atoms with Crippen LogP contribution in [0.1, 0.15) is 0 Å². The average Bonchev–Trinajstić information content (AvgIpc) is 3.51. The predicted molar refractivity (Wildman–Crippen MR) is 136 cm³/mol. The van der Waals surface area contributed by atoms with Crippen molar-refractivity contribution >= 4 is 27.6 Å². The quantitative estimate of drug-likeness (QED) is 0.351. The molecule has 1 aliphatic rings. The zero-order chi connectivity index (χ0) is 24.2. The van der Waals surface area contributed by atoms with Gasteiger partial charge in [0.15, 0.2) is 0 Å². The molecule has 6 aromatic rings. The zero-order valence-electron chi connectivity index (χ0n) is 19.0. The van der Waals surface area contributed by atoms with Crippen LogP contribution in [-0.4, -0.2) is 54.2 Å². The summed E-state index contributed by atoms with van der Waals surface area (Å²) in [7, 11) is 0. The largest absolute Gasteiger partial charge is 0.353 e. The van der Waals surface area contributed by atoms with E-state index in [1.165, 1.54) is 12.1 Å². The van der Waals surface area contributed by atoms with Crippen LogP contribution in [-0.2, 0) is 0 Å². The van der Waals surface area contributed by atoms with Crippen LogP contribution in [0.5, 0.6) is 0 Å². The number of hydrogen-bond donors (Lipinski definition) is 3. The number of nitrogens with one attached hydrogen (secondary N) is 2. The van der Waals surface area contributed by atoms with Gasteiger partial charge in [-0.05, 0) is 42.5 Å². The number of nitrogens with zero attached hydrogens (tertiary/aromatic N) is 6. The minimum Gasteiger partial charge on any atom is -0.353 e. The molecule has 1 aromatic carbocycles. The van der Waals surface area contributed by atoms with Crippen molar-refractivity contribution in [1.29, 1.82) is 0 Å². The third-order valence-electron chi connectivity index (χ3n) is 6.49. The molecule has 0 aliphatic carbocycles. The molecule has 0 unspecified atom stereocenters. The smallest absolute Gasteiger partial charge is 0.147 e. The van der Waals surface area contributed by atoms with E-state index in [1.54, 1.807) is 36.9 Å². The summed E-state index contributed by atoms with van der Waals surface area (Å²) in [6, 6.07) is 12.4. The molecule has 0 radical (unpaired) electrons. The molecule has 36 heavy (non-hydrogen) atoms. The lowest BCUT2D eigenvalue weighted by molar-refractivity contribution is 0.514. The summed E-state index contributed by atoms with van der Waals surface area (Å²) in [6.07, 6.45) is 6.95. The Morgan fingerprint density at radius 1 is 0.889 bits per heavy atom. The summed E-state index contributed by atoms with van der Waals surface area (Å²) in [5.41, 5.74) is 12.2. The van der Waals surface area contributed by atoms with E-state index < -0.39 is 0 Å². The fourth-order valence-electron chi connectivity index (χ4n) is 4.61. The maximum atomic E-state index is 13.4. The zero-order valence-corrected chi connectivity index (χ0v) is 19.0. The fourth-order valence-corrected chi connectivity index (χ4v) is 4.61. The van der Waals surface area contributed by atoms with Gasteiger partial charge in [-0.2, -0.15) is 5.10 Å². The summed E-state index contributed by atoms with van der Waals surface area (Å²) in [5.74, 6) is 0.511. The number of fused-ring (bicyclic) bond motifs is 2. The Bertz CT molecular complexity index is 1730. The first-order valence-corrected chi connectivity index (χ1v) is 11.5. The highest BCUT2D eigenvalue weighted by Crippen LogP contribution is 2.34. The summed E-state index contributed by atoms with van der Waals surface area (Å²) in [6.45, 7) is 1.54. The van der Waals surface area contributed by atoms with Crippen molar-refractivity contribution in [2.45, 2.75) is 6.04 Å². The highest BCUT2D eigenvalue weighted by atomic mass is 19.1. The number of rotatable bonds is 4. The van der Waals surface area contributed by atoms with E-state index in [2.05, 4.69) is 35.0 Å². The Labute approximate surface area is 204 Å². The average molecular weight is 478 g/mol. The predicted octanol–water partition coefficient (Wildman–Crippen LogP) is 3.91. The molecule has 1 fully saturated rings. The van der Waals surface area contributed by atoms with Gasteiger partial charge in [-0.15, -0.1) is 0 Å². The van der Waals surface area contributed by atoms with Crippen molar-refractivity contribution in [3.8, 4) is 34.0 Å². The Hall–Kier alpha value is -4.70. The van der Waals surface area contributed by atoms with Crippen LogP contribution in [0.4, 0.5) is 10.2 Å². The van der Waals surface area contributed by atoms with Crippen molar-refractivity contribution in [1.82, 2.24) is 35.1 Å². The van der Waals surface area contributed by atoms with Crippen molar-refractivity contribution in [3.63, 3.8) is 0 Å². The van der Waals surface area contributed by atoms with E-state index in [9.17, 15) is 4.39 Å². The highest BCUT2D eigenvalue weighted by Gasteiger charge is 2.25. The van der Waals surface area contributed by atoms with Crippen LogP contribution in [0.2, 0.25) is 0 Å². The van der Waals surface area contributed by atoms with Crippen molar-refractivity contribution in [2.75, 3.05) is 18.0 Å². The van der Waals surface area contributed by atoms with E-state index in [0.717, 1.165) is 63.4 Å². The third-order valence-corrected chi connectivity index (χ3v) is 6.49. The van der Waals surface area contributed by atoms with Gasteiger partial charge in [0.2, 0.25) is 0 Å². The van der Waals surface area contributed by atoms with Crippen molar-refractivity contribution in [2.24, 2.45) is 5.73 Å². The van der Waals surface area contributed by atoms with Crippen LogP contribution in [0.3, 0.4) is 0 Å². The Balaban J connectivity index is 1.30. The minimum absolute atomic E-state index is 0.175. The van der Waals surface area contributed by atoms with Crippen molar-refractivity contribution < 1.29 is 4.39 Å². The molecule has 10 heteroatoms. The molecule has 4 N–H and O–H groups in total. The van der Waals surface area contributed by atoms with E-state index in [4.69, 9.17) is 10.7 Å². The lowest BCUT2D eigenvalue weighted by Crippen LogP contribution is -2.56. The minimum atomic E-state index is -0.281. The van der Waals surface area contributed by atoms with Crippen LogP contribution in [0.15, 0.2) is 67.3 Å². The fraction of sp³-hybridized carbons (Fsp3) is 0.115. The number of benzene rings is 1. The highest BCUT2D eigenvalue weighted by molar-refractivity contribution is 6.00. The standard InChI is InChI=1S/C26H20FN9/c27-15-3-1-14(2-4-15)25-17-8-21(32-19(17)5-6-30-25)26-18-7-20(31-10-22(18)34-35-26)23-9-29-11-24(33-23)36-12-16(28)13-36/h1-11,16,32H,12-13,28H2,(H,34,35). The number of halogens is 1. The lowest BCUT2D eigenvalue weighted by Gasteiger charge is -2.37. The monoisotopic (exact) mass is 477 g/mol. The second-order valence-corrected chi connectivity index (χ2v) is 8.93. The molecule has 0 atom stereocenters. The molecule has 0 amide bonds. The molecular weight excluding hydrogens is 457 g/mol. The molecule has 0 spiro atoms. The molecule has 6 heterocycles. The van der Waals surface area contributed by atoms with Gasteiger partial charge in [0.1, 0.15) is 23.0 Å². The van der Waals surface area contributed by atoms with E-state index in [0.29, 0.717) is 11.4 Å². The summed E-state index contributed by atoms with van der Waals surface area (Å²) in [4.78, 5) is 23.8. The Morgan fingerprint density at radius 2 is 1.72 bits per heavy atom. The van der Waals surface area contributed by atoms with Crippen LogP contribution in [0.25, 0.3) is 55.8 Å². The second kappa shape index (κ2) is 7.92. The van der Waals surface area contributed by atoms with Crippen LogP contribution in [0, 0.1) is 5.82 Å². The van der Waals surface area contributed by atoms with E-state index in [-0.39, 0.29) is 11.9 Å². The third kappa shape index (κ3) is 3.38. The van der Waals surface area contributed by atoms with E-state index >= 15 is 0 Å². The molecule has 1 aliphatic heterocycles. The number of nitrogens with two attached hydrogens (primary N) is 1. The number of pyridine rings is 2. The molecule has 5 aromatic heterocycles. The molecule has 7 rings (SSSR count). The molecule has 0 saturated carbocycles. The number of aromatic amines is 2. The summed E-state index contributed by atoms with van der Waals surface area (Å²) < 4.78 is 13.4. The number of hydrogen-bond acceptors (Lipinski definition) is 7. The summed E-state index contributed by atoms with van der Waals surface area (Å²) in [5, 5.41) is 9.46. The van der Waals surface area contributed by atoms with Gasteiger partial charge in [0.05, 0.1) is 41.2 Å². The normalized spacial score (nSPS) is 14.0. The number of H-pyrrole nitrogens is 2. The maximum Gasteiger partial charge on any atom is 0.147 e. The topological polar surface area (TPSA) is 125 Å². The number of anilines is 1. The van der Waals surface area contributed by atoms with Gasteiger partial charge in [-0.3, -0.25) is 20.1 Å². The SMILES string of the molecule is NC1CN(c2cncc(-c3cc4c(-c5cc6c(-c7ccc(F)cc7)nccc6[nH]5)n[nH]c4cn3)n2)C1. The Morgan fingerprint density at radius 3 is 2.56 bits per heavy atom. The Kier molecular flexibility index (Phi) is 4.55. The van der Waals surface area contributed by atoms with E-state index in [1.807, 2.05) is 18.2 Å². The van der Waals surface area contributed by atoms with Gasteiger partial charge >= 0.3 is 0 Å². The molecule has 9 nitrogen and oxygen atoms in total. The van der Waals surface area contributed by atoms with Gasteiger partial charge in [-0.25, -0.2) is 9.37 Å². The molecule has 1 saturated heterocycles. The van der Waals surface area contributed by atoms with Crippen molar-refractivity contribution in [3.05, 3.63) is 73.1 Å². The van der Waals surface area contributed by atoms with Crippen LogP contribution < -0.4 is 10.6 Å². The number of aromatic nitrogens is 7. The molecular formula is C26H20FN9. The van der Waals surface area contributed by atoms with Crippen LogP contribution >= 0.6 is 0 Å². The van der Waals surface area contributed by atoms with Gasteiger partial charge in [0.25, 0.3) is 0 Å². The van der Waals surface area contributed by atoms with Gasteiger partial charge in [-0.1, -0.05) is 0 Å². The lowest BCUT2D eigenvalue weighted by atomic mass is 10.1. The second-order valence-electron chi connectivity index (χ2n) is 8.93. The first kappa shape index (κ1) is 20.7. The molecule has 176 valence electrons.